The minimum atomic E-state index is -0.395. The van der Waals surface area contributed by atoms with E-state index in [-0.39, 0.29) is 11.9 Å². The van der Waals surface area contributed by atoms with Gasteiger partial charge in [0, 0.05) is 13.0 Å². The molecule has 0 aromatic carbocycles. The van der Waals surface area contributed by atoms with Crippen molar-refractivity contribution in [1.82, 2.24) is 4.90 Å². The lowest BCUT2D eigenvalue weighted by Gasteiger charge is -2.31. The lowest BCUT2D eigenvalue weighted by molar-refractivity contribution is -0.155. The van der Waals surface area contributed by atoms with Crippen molar-refractivity contribution in [1.29, 1.82) is 0 Å². The summed E-state index contributed by atoms with van der Waals surface area (Å²) in [6, 6.07) is 0. The van der Waals surface area contributed by atoms with Gasteiger partial charge in [-0.15, -0.1) is 0 Å². The number of ether oxygens (including phenoxy) is 2. The Morgan fingerprint density at radius 3 is 2.24 bits per heavy atom. The monoisotopic (exact) mass is 299 g/mol. The number of esters is 2. The molecule has 1 aliphatic rings. The van der Waals surface area contributed by atoms with Crippen molar-refractivity contribution in [2.75, 3.05) is 26.7 Å². The van der Waals surface area contributed by atoms with Crippen LogP contribution in [-0.4, -0.2) is 49.2 Å². The zero-order valence-electron chi connectivity index (χ0n) is 13.8. The summed E-state index contributed by atoms with van der Waals surface area (Å²) in [6.07, 6.45) is 4.04. The van der Waals surface area contributed by atoms with E-state index < -0.39 is 5.60 Å². The van der Waals surface area contributed by atoms with Crippen molar-refractivity contribution in [2.45, 2.75) is 58.5 Å². The van der Waals surface area contributed by atoms with E-state index >= 15 is 0 Å². The largest absolute Gasteiger partial charge is 0.469 e. The molecule has 5 nitrogen and oxygen atoms in total. The second kappa shape index (κ2) is 8.37. The van der Waals surface area contributed by atoms with E-state index in [4.69, 9.17) is 4.74 Å². The summed E-state index contributed by atoms with van der Waals surface area (Å²) < 4.78 is 9.98. The highest BCUT2D eigenvalue weighted by molar-refractivity contribution is 5.70. The van der Waals surface area contributed by atoms with Crippen molar-refractivity contribution in [3.8, 4) is 0 Å². The first-order valence-electron chi connectivity index (χ1n) is 7.81. The van der Waals surface area contributed by atoms with Crippen LogP contribution in [0.2, 0.25) is 0 Å². The summed E-state index contributed by atoms with van der Waals surface area (Å²) >= 11 is 0. The number of carbonyl (C=O) groups is 2. The number of likely N-dealkylation sites (tertiary alicyclic amines) is 1. The Labute approximate surface area is 128 Å². The number of piperidine rings is 1. The van der Waals surface area contributed by atoms with Crippen LogP contribution < -0.4 is 0 Å². The van der Waals surface area contributed by atoms with E-state index in [1.165, 1.54) is 7.11 Å². The molecular weight excluding hydrogens is 270 g/mol. The number of carbonyl (C=O) groups excluding carboxylic acids is 2. The molecule has 21 heavy (non-hydrogen) atoms. The third-order valence-corrected chi connectivity index (χ3v) is 3.74. The van der Waals surface area contributed by atoms with Crippen LogP contribution in [0.25, 0.3) is 0 Å². The number of hydrogen-bond acceptors (Lipinski definition) is 5. The molecule has 1 saturated heterocycles. The molecule has 0 N–H and O–H groups in total. The maximum absolute atomic E-state index is 11.7. The van der Waals surface area contributed by atoms with Gasteiger partial charge in [0.15, 0.2) is 0 Å². The smallest absolute Gasteiger partial charge is 0.306 e. The second-order valence-corrected chi connectivity index (χ2v) is 6.74. The van der Waals surface area contributed by atoms with Crippen LogP contribution in [0.5, 0.6) is 0 Å². The fraction of sp³-hybridized carbons (Fsp3) is 0.875. The summed E-state index contributed by atoms with van der Waals surface area (Å²) in [5.74, 6) is 0.338. The van der Waals surface area contributed by atoms with Gasteiger partial charge in [-0.1, -0.05) is 0 Å². The maximum Gasteiger partial charge on any atom is 0.306 e. The molecule has 0 amide bonds. The Balaban J connectivity index is 2.16. The summed E-state index contributed by atoms with van der Waals surface area (Å²) in [4.78, 5) is 25.1. The highest BCUT2D eigenvalue weighted by Crippen LogP contribution is 2.22. The van der Waals surface area contributed by atoms with Crippen LogP contribution in [-0.2, 0) is 19.1 Å². The predicted molar refractivity (Wildman–Crippen MR) is 80.9 cm³/mol. The minimum absolute atomic E-state index is 0.101. The van der Waals surface area contributed by atoms with Crippen LogP contribution in [0, 0.1) is 5.92 Å². The first kappa shape index (κ1) is 18.0. The molecule has 1 heterocycles. The summed E-state index contributed by atoms with van der Waals surface area (Å²) in [6.45, 7) is 8.44. The molecule has 0 radical (unpaired) electrons. The van der Waals surface area contributed by atoms with Gasteiger partial charge in [0.05, 0.1) is 13.5 Å². The van der Waals surface area contributed by atoms with Gasteiger partial charge in [0.25, 0.3) is 0 Å². The van der Waals surface area contributed by atoms with Gasteiger partial charge in [-0.05, 0) is 59.0 Å². The number of nitrogens with zero attached hydrogens (tertiary/aromatic N) is 1. The third-order valence-electron chi connectivity index (χ3n) is 3.74. The molecule has 0 atom stereocenters. The molecule has 1 rings (SSSR count). The van der Waals surface area contributed by atoms with E-state index in [1.807, 2.05) is 20.8 Å². The van der Waals surface area contributed by atoms with Crippen LogP contribution in [0.3, 0.4) is 0 Å². The highest BCUT2D eigenvalue weighted by Gasteiger charge is 2.22. The minimum Gasteiger partial charge on any atom is -0.469 e. The van der Waals surface area contributed by atoms with Crippen LogP contribution in [0.15, 0.2) is 0 Å². The van der Waals surface area contributed by atoms with E-state index in [0.29, 0.717) is 18.8 Å². The van der Waals surface area contributed by atoms with E-state index in [0.717, 1.165) is 38.9 Å². The van der Waals surface area contributed by atoms with Crippen molar-refractivity contribution < 1.29 is 19.1 Å². The van der Waals surface area contributed by atoms with Gasteiger partial charge in [-0.2, -0.15) is 0 Å². The Morgan fingerprint density at radius 2 is 1.71 bits per heavy atom. The lowest BCUT2D eigenvalue weighted by atomic mass is 9.92. The second-order valence-electron chi connectivity index (χ2n) is 6.74. The average Bonchev–Trinajstić information content (AvgIpc) is 2.41. The standard InChI is InChI=1S/C16H29NO4/c1-16(2,3)21-15(19)6-5-13-7-10-17(11-8-13)12-9-14(18)20-4/h13H,5-12H2,1-4H3. The first-order chi connectivity index (χ1) is 9.80. The van der Waals surface area contributed by atoms with Gasteiger partial charge in [0.1, 0.15) is 5.60 Å². The summed E-state index contributed by atoms with van der Waals surface area (Å²) in [5.41, 5.74) is -0.395. The number of rotatable bonds is 6. The van der Waals surface area contributed by atoms with Crippen LogP contribution in [0.4, 0.5) is 0 Å². The van der Waals surface area contributed by atoms with Gasteiger partial charge in [0.2, 0.25) is 0 Å². The SMILES string of the molecule is COC(=O)CCN1CCC(CCC(=O)OC(C)(C)C)CC1. The Kier molecular flexibility index (Phi) is 7.15. The molecule has 1 aliphatic heterocycles. The summed E-state index contributed by atoms with van der Waals surface area (Å²) in [7, 11) is 1.42. The fourth-order valence-electron chi connectivity index (χ4n) is 2.56. The van der Waals surface area contributed by atoms with E-state index in [2.05, 4.69) is 9.64 Å². The number of methoxy groups -OCH3 is 1. The third kappa shape index (κ3) is 8.05. The quantitative estimate of drug-likeness (QED) is 0.705. The molecule has 0 bridgehead atoms. The van der Waals surface area contributed by atoms with Gasteiger partial charge < -0.3 is 14.4 Å². The van der Waals surface area contributed by atoms with Crippen molar-refractivity contribution >= 4 is 11.9 Å². The van der Waals surface area contributed by atoms with Gasteiger partial charge in [-0.3, -0.25) is 9.59 Å². The molecule has 0 aromatic rings. The summed E-state index contributed by atoms with van der Waals surface area (Å²) in [5, 5.41) is 0. The predicted octanol–water partition coefficient (Wildman–Crippen LogP) is 2.38. The molecule has 0 saturated carbocycles. The molecule has 0 spiro atoms. The highest BCUT2D eigenvalue weighted by atomic mass is 16.6. The molecule has 122 valence electrons. The number of hydrogen-bond donors (Lipinski definition) is 0. The first-order valence-corrected chi connectivity index (χ1v) is 7.81. The molecule has 5 heteroatoms. The van der Waals surface area contributed by atoms with Crippen molar-refractivity contribution in [2.24, 2.45) is 5.92 Å². The average molecular weight is 299 g/mol. The maximum atomic E-state index is 11.7. The zero-order valence-corrected chi connectivity index (χ0v) is 13.8. The van der Waals surface area contributed by atoms with E-state index in [9.17, 15) is 9.59 Å². The van der Waals surface area contributed by atoms with Crippen LogP contribution in [0.1, 0.15) is 52.9 Å². The Bertz CT molecular complexity index is 341. The molecule has 1 fully saturated rings. The normalized spacial score (nSPS) is 17.5. The molecule has 0 aliphatic carbocycles. The Hall–Kier alpha value is -1.10. The fourth-order valence-corrected chi connectivity index (χ4v) is 2.56. The molecule has 0 unspecified atom stereocenters. The topological polar surface area (TPSA) is 55.8 Å². The molecule has 0 aromatic heterocycles. The Morgan fingerprint density at radius 1 is 1.10 bits per heavy atom. The van der Waals surface area contributed by atoms with Crippen molar-refractivity contribution in [3.05, 3.63) is 0 Å². The van der Waals surface area contributed by atoms with Crippen molar-refractivity contribution in [3.63, 3.8) is 0 Å². The molecular formula is C16H29NO4. The van der Waals surface area contributed by atoms with Crippen LogP contribution >= 0.6 is 0 Å². The van der Waals surface area contributed by atoms with Gasteiger partial charge >= 0.3 is 11.9 Å². The van der Waals surface area contributed by atoms with E-state index in [1.54, 1.807) is 0 Å². The zero-order chi connectivity index (χ0) is 15.9. The van der Waals surface area contributed by atoms with Gasteiger partial charge in [-0.25, -0.2) is 0 Å². The lowest BCUT2D eigenvalue weighted by Crippen LogP contribution is -2.35.